The van der Waals surface area contributed by atoms with Crippen LogP contribution in [0.25, 0.3) is 0 Å². The van der Waals surface area contributed by atoms with Crippen LogP contribution >= 0.6 is 0 Å². The molecule has 142 valence electrons. The highest BCUT2D eigenvalue weighted by atomic mass is 19.4. The molecule has 2 rings (SSSR count). The van der Waals surface area contributed by atoms with Crippen molar-refractivity contribution in [1.29, 1.82) is 0 Å². The Balaban J connectivity index is 1.62. The van der Waals surface area contributed by atoms with E-state index >= 15 is 0 Å². The van der Waals surface area contributed by atoms with Crippen LogP contribution in [0, 0.1) is 5.92 Å². The number of rotatable bonds is 9. The third-order valence-corrected chi connectivity index (χ3v) is 4.58. The highest BCUT2D eigenvalue weighted by molar-refractivity contribution is 5.35. The summed E-state index contributed by atoms with van der Waals surface area (Å²) in [5.41, 5.74) is -0.702. The first-order chi connectivity index (χ1) is 12.0. The average Bonchev–Trinajstić information content (AvgIpc) is 2.60. The summed E-state index contributed by atoms with van der Waals surface area (Å²) in [6.45, 7) is 7.10. The lowest BCUT2D eigenvalue weighted by Crippen LogP contribution is -2.35. The number of piperidine rings is 1. The van der Waals surface area contributed by atoms with Gasteiger partial charge in [0.1, 0.15) is 5.75 Å². The lowest BCUT2D eigenvalue weighted by molar-refractivity contribution is -0.138. The fourth-order valence-electron chi connectivity index (χ4n) is 3.11. The second-order valence-corrected chi connectivity index (χ2v) is 6.49. The lowest BCUT2D eigenvalue weighted by Gasteiger charge is -2.31. The number of benzene rings is 1. The third-order valence-electron chi connectivity index (χ3n) is 4.58. The second kappa shape index (κ2) is 10.0. The van der Waals surface area contributed by atoms with Gasteiger partial charge in [0, 0.05) is 13.2 Å². The summed E-state index contributed by atoms with van der Waals surface area (Å²) in [6.07, 6.45) is -0.358. The smallest absolute Gasteiger partial charge is 0.419 e. The number of nitrogens with zero attached hydrogens (tertiary/aromatic N) is 1. The first-order valence-electron chi connectivity index (χ1n) is 9.09. The van der Waals surface area contributed by atoms with E-state index in [0.29, 0.717) is 12.5 Å². The summed E-state index contributed by atoms with van der Waals surface area (Å²) in [5, 5.41) is 0. The summed E-state index contributed by atoms with van der Waals surface area (Å²) in [5.74, 6) is 0.588. The van der Waals surface area contributed by atoms with Gasteiger partial charge in [-0.2, -0.15) is 13.2 Å². The topological polar surface area (TPSA) is 21.7 Å². The quantitative estimate of drug-likeness (QED) is 0.601. The number of halogens is 3. The Hall–Kier alpha value is -1.27. The van der Waals surface area contributed by atoms with E-state index in [2.05, 4.69) is 4.90 Å². The van der Waals surface area contributed by atoms with Crippen LogP contribution < -0.4 is 4.74 Å². The van der Waals surface area contributed by atoms with Crippen LogP contribution in [0.4, 0.5) is 13.2 Å². The Bertz CT molecular complexity index is 500. The van der Waals surface area contributed by atoms with Gasteiger partial charge in [-0.05, 0) is 70.3 Å². The molecular weight excluding hydrogens is 331 g/mol. The molecule has 25 heavy (non-hydrogen) atoms. The lowest BCUT2D eigenvalue weighted by atomic mass is 9.97. The van der Waals surface area contributed by atoms with Crippen molar-refractivity contribution in [2.75, 3.05) is 39.5 Å². The Morgan fingerprint density at radius 3 is 2.52 bits per heavy atom. The number of hydrogen-bond donors (Lipinski definition) is 0. The molecule has 0 amide bonds. The van der Waals surface area contributed by atoms with Crippen LogP contribution in [0.3, 0.4) is 0 Å². The van der Waals surface area contributed by atoms with E-state index in [1.54, 1.807) is 6.07 Å². The van der Waals surface area contributed by atoms with Crippen molar-refractivity contribution in [1.82, 2.24) is 4.90 Å². The zero-order valence-electron chi connectivity index (χ0n) is 14.9. The summed E-state index contributed by atoms with van der Waals surface area (Å²) < 4.78 is 49.5. The van der Waals surface area contributed by atoms with E-state index in [4.69, 9.17) is 9.47 Å². The first kappa shape index (κ1) is 20.0. The van der Waals surface area contributed by atoms with Crippen LogP contribution in [0.2, 0.25) is 0 Å². The predicted molar refractivity (Wildman–Crippen MR) is 91.8 cm³/mol. The fraction of sp³-hybridized carbons (Fsp3) is 0.684. The maximum Gasteiger partial charge on any atom is 0.419 e. The molecule has 1 saturated heterocycles. The van der Waals surface area contributed by atoms with Gasteiger partial charge in [-0.3, -0.25) is 0 Å². The highest BCUT2D eigenvalue weighted by Gasteiger charge is 2.33. The molecule has 6 heteroatoms. The molecule has 1 aromatic rings. The molecule has 1 aliphatic rings. The van der Waals surface area contributed by atoms with E-state index in [9.17, 15) is 13.2 Å². The maximum atomic E-state index is 12.9. The van der Waals surface area contributed by atoms with Gasteiger partial charge in [0.25, 0.3) is 0 Å². The SMILES string of the molecule is CCOCC1CCN(CCCCOc2ccccc2C(F)(F)F)CC1. The Labute approximate surface area is 148 Å². The van der Waals surface area contributed by atoms with Crippen molar-refractivity contribution < 1.29 is 22.6 Å². The Morgan fingerprint density at radius 2 is 1.84 bits per heavy atom. The van der Waals surface area contributed by atoms with Crippen LogP contribution in [0.5, 0.6) is 5.75 Å². The zero-order valence-corrected chi connectivity index (χ0v) is 14.9. The molecule has 0 aliphatic carbocycles. The van der Waals surface area contributed by atoms with Crippen LogP contribution in [-0.4, -0.2) is 44.4 Å². The molecule has 1 fully saturated rings. The van der Waals surface area contributed by atoms with E-state index in [-0.39, 0.29) is 5.75 Å². The largest absolute Gasteiger partial charge is 0.493 e. The Morgan fingerprint density at radius 1 is 1.12 bits per heavy atom. The van der Waals surface area contributed by atoms with Crippen molar-refractivity contribution in [2.45, 2.75) is 38.8 Å². The molecule has 0 bridgehead atoms. The fourth-order valence-corrected chi connectivity index (χ4v) is 3.11. The summed E-state index contributed by atoms with van der Waals surface area (Å²) in [7, 11) is 0. The van der Waals surface area contributed by atoms with Crippen molar-refractivity contribution in [3.05, 3.63) is 29.8 Å². The minimum Gasteiger partial charge on any atom is -0.493 e. The van der Waals surface area contributed by atoms with Crippen LogP contribution in [0.15, 0.2) is 24.3 Å². The number of hydrogen-bond acceptors (Lipinski definition) is 3. The van der Waals surface area contributed by atoms with E-state index in [1.165, 1.54) is 12.1 Å². The third kappa shape index (κ3) is 6.86. The van der Waals surface area contributed by atoms with E-state index in [1.807, 2.05) is 6.92 Å². The normalized spacial score (nSPS) is 17.0. The molecule has 0 atom stereocenters. The molecule has 3 nitrogen and oxygen atoms in total. The van der Waals surface area contributed by atoms with Crippen molar-refractivity contribution in [3.8, 4) is 5.75 Å². The highest BCUT2D eigenvalue weighted by Crippen LogP contribution is 2.35. The minimum atomic E-state index is -4.37. The van der Waals surface area contributed by atoms with E-state index < -0.39 is 11.7 Å². The predicted octanol–water partition coefficient (Wildman–Crippen LogP) is 4.61. The average molecular weight is 359 g/mol. The van der Waals surface area contributed by atoms with Gasteiger partial charge in [0.15, 0.2) is 0 Å². The summed E-state index contributed by atoms with van der Waals surface area (Å²) in [6, 6.07) is 5.38. The van der Waals surface area contributed by atoms with Gasteiger partial charge < -0.3 is 14.4 Å². The standard InChI is InChI=1S/C19H28F3NO2/c1-2-24-15-16-9-12-23(13-10-16)11-5-6-14-25-18-8-4-3-7-17(18)19(20,21)22/h3-4,7-8,16H,2,5-6,9-15H2,1H3. The molecule has 1 aromatic carbocycles. The van der Waals surface area contributed by atoms with Gasteiger partial charge in [0.05, 0.1) is 12.2 Å². The Kier molecular flexibility index (Phi) is 8.03. The second-order valence-electron chi connectivity index (χ2n) is 6.49. The summed E-state index contributed by atoms with van der Waals surface area (Å²) in [4.78, 5) is 2.42. The number of para-hydroxylation sites is 1. The monoisotopic (exact) mass is 359 g/mol. The number of alkyl halides is 3. The van der Waals surface area contributed by atoms with Gasteiger partial charge >= 0.3 is 6.18 Å². The molecule has 0 spiro atoms. The molecule has 0 N–H and O–H groups in total. The molecule has 1 aliphatic heterocycles. The minimum absolute atomic E-state index is 0.0771. The van der Waals surface area contributed by atoms with Crippen molar-refractivity contribution >= 4 is 0 Å². The molecular formula is C19H28F3NO2. The molecule has 0 aromatic heterocycles. The van der Waals surface area contributed by atoms with E-state index in [0.717, 1.165) is 64.6 Å². The van der Waals surface area contributed by atoms with Crippen LogP contribution in [-0.2, 0) is 10.9 Å². The molecule has 0 radical (unpaired) electrons. The van der Waals surface area contributed by atoms with Crippen molar-refractivity contribution in [2.24, 2.45) is 5.92 Å². The number of ether oxygens (including phenoxy) is 2. The van der Waals surface area contributed by atoms with Crippen molar-refractivity contribution in [3.63, 3.8) is 0 Å². The maximum absolute atomic E-state index is 12.9. The van der Waals surface area contributed by atoms with Gasteiger partial charge in [-0.25, -0.2) is 0 Å². The van der Waals surface area contributed by atoms with Gasteiger partial charge in [0.2, 0.25) is 0 Å². The zero-order chi connectivity index (χ0) is 18.1. The molecule has 1 heterocycles. The van der Waals surface area contributed by atoms with Crippen LogP contribution in [0.1, 0.15) is 38.2 Å². The number of unbranched alkanes of at least 4 members (excludes halogenated alkanes) is 1. The molecule has 0 saturated carbocycles. The number of likely N-dealkylation sites (tertiary alicyclic amines) is 1. The van der Waals surface area contributed by atoms with Gasteiger partial charge in [-0.1, -0.05) is 12.1 Å². The summed E-state index contributed by atoms with van der Waals surface area (Å²) >= 11 is 0. The molecule has 0 unspecified atom stereocenters. The van der Waals surface area contributed by atoms with Gasteiger partial charge in [-0.15, -0.1) is 0 Å². The first-order valence-corrected chi connectivity index (χ1v) is 9.09.